The van der Waals surface area contributed by atoms with Crippen LogP contribution in [0.2, 0.25) is 0 Å². The van der Waals surface area contributed by atoms with Crippen molar-refractivity contribution in [2.75, 3.05) is 11.1 Å². The highest BCUT2D eigenvalue weighted by atomic mass is 32.2. The largest absolute Gasteiger partial charge is 0.478 e. The Balaban J connectivity index is 1.86. The van der Waals surface area contributed by atoms with Crippen molar-refractivity contribution in [2.24, 2.45) is 0 Å². The van der Waals surface area contributed by atoms with Gasteiger partial charge in [-0.1, -0.05) is 18.2 Å². The number of hydrogen-bond acceptors (Lipinski definition) is 5. The molecule has 7 heteroatoms. The molecule has 1 aromatic carbocycles. The number of carbonyl (C=O) groups is 2. The van der Waals surface area contributed by atoms with Crippen LogP contribution in [0.5, 0.6) is 0 Å². The Morgan fingerprint density at radius 2 is 2.05 bits per heavy atom. The number of carbonyl (C=O) groups excluding carboxylic acids is 1. The average molecular weight is 322 g/mol. The van der Waals surface area contributed by atoms with E-state index in [0.717, 1.165) is 16.4 Å². The van der Waals surface area contributed by atoms with E-state index in [-0.39, 0.29) is 11.5 Å². The molecule has 0 unspecified atom stereocenters. The van der Waals surface area contributed by atoms with Crippen molar-refractivity contribution >= 4 is 40.2 Å². The predicted molar refractivity (Wildman–Crippen MR) is 84.2 cm³/mol. The molecule has 1 amide bonds. The van der Waals surface area contributed by atoms with E-state index in [1.54, 1.807) is 18.7 Å². The molecule has 5 nitrogen and oxygen atoms in total. The maximum absolute atomic E-state index is 11.8. The van der Waals surface area contributed by atoms with E-state index < -0.39 is 5.97 Å². The molecule has 1 heterocycles. The number of thioether (sulfide) groups is 1. The molecular formula is C14H14N2O3S2. The molecule has 2 N–H and O–H groups in total. The molecule has 0 aliphatic rings. The number of aromatic carboxylic acids is 1. The third-order valence-electron chi connectivity index (χ3n) is 2.67. The number of carboxylic acid groups (broad SMARTS) is 1. The molecule has 0 spiro atoms. The van der Waals surface area contributed by atoms with Gasteiger partial charge in [0, 0.05) is 17.1 Å². The second-order valence-corrected chi connectivity index (χ2v) is 6.18. The molecule has 0 saturated carbocycles. The summed E-state index contributed by atoms with van der Waals surface area (Å²) in [6.07, 6.45) is 0.315. The summed E-state index contributed by atoms with van der Waals surface area (Å²) < 4.78 is 3.96. The van der Waals surface area contributed by atoms with Gasteiger partial charge in [-0.05, 0) is 30.6 Å². The van der Waals surface area contributed by atoms with Crippen molar-refractivity contribution < 1.29 is 14.7 Å². The van der Waals surface area contributed by atoms with E-state index in [4.69, 9.17) is 5.11 Å². The van der Waals surface area contributed by atoms with E-state index in [9.17, 15) is 9.59 Å². The van der Waals surface area contributed by atoms with Crippen LogP contribution in [0.1, 0.15) is 22.5 Å². The molecule has 0 saturated heterocycles. The third-order valence-corrected chi connectivity index (χ3v) is 4.54. The number of carboxylic acids is 1. The van der Waals surface area contributed by atoms with Crippen molar-refractivity contribution in [1.29, 1.82) is 0 Å². The maximum Gasteiger partial charge on any atom is 0.340 e. The molecule has 0 fully saturated rings. The lowest BCUT2D eigenvalue weighted by molar-refractivity contribution is -0.115. The number of nitrogens with one attached hydrogen (secondary N) is 1. The summed E-state index contributed by atoms with van der Waals surface area (Å²) in [4.78, 5) is 24.0. The van der Waals surface area contributed by atoms with Crippen LogP contribution in [0.25, 0.3) is 0 Å². The monoisotopic (exact) mass is 322 g/mol. The van der Waals surface area contributed by atoms with E-state index in [1.165, 1.54) is 0 Å². The first-order valence-electron chi connectivity index (χ1n) is 6.25. The number of benzene rings is 1. The fraction of sp³-hybridized carbons (Fsp3) is 0.214. The van der Waals surface area contributed by atoms with Gasteiger partial charge in [-0.3, -0.25) is 4.79 Å². The van der Waals surface area contributed by atoms with Crippen molar-refractivity contribution in [3.8, 4) is 0 Å². The van der Waals surface area contributed by atoms with Gasteiger partial charge in [0.25, 0.3) is 0 Å². The lowest BCUT2D eigenvalue weighted by Crippen LogP contribution is -2.13. The number of aromatic nitrogens is 1. The van der Waals surface area contributed by atoms with Crippen LogP contribution in [0, 0.1) is 6.92 Å². The van der Waals surface area contributed by atoms with Crippen molar-refractivity contribution in [3.63, 3.8) is 0 Å². The highest BCUT2D eigenvalue weighted by Crippen LogP contribution is 2.25. The minimum atomic E-state index is -1.07. The number of amides is 1. The molecule has 21 heavy (non-hydrogen) atoms. The Hall–Kier alpha value is -1.86. The van der Waals surface area contributed by atoms with E-state index in [2.05, 4.69) is 9.69 Å². The van der Waals surface area contributed by atoms with E-state index >= 15 is 0 Å². The molecule has 2 rings (SSSR count). The summed E-state index contributed by atoms with van der Waals surface area (Å²) in [6.45, 7) is 1.61. The first kappa shape index (κ1) is 15.5. The van der Waals surface area contributed by atoms with Crippen molar-refractivity contribution in [1.82, 2.24) is 4.37 Å². The number of hydrogen-bond donors (Lipinski definition) is 2. The molecule has 0 atom stereocenters. The fourth-order valence-electron chi connectivity index (χ4n) is 1.67. The highest BCUT2D eigenvalue weighted by molar-refractivity contribution is 7.99. The summed E-state index contributed by atoms with van der Waals surface area (Å²) >= 11 is 2.58. The quantitative estimate of drug-likeness (QED) is 0.798. The number of nitrogens with zero attached hydrogens (tertiary/aromatic N) is 1. The summed E-state index contributed by atoms with van der Waals surface area (Å²) in [7, 11) is 0. The van der Waals surface area contributed by atoms with Gasteiger partial charge >= 0.3 is 5.97 Å². The van der Waals surface area contributed by atoms with Crippen LogP contribution in [-0.4, -0.2) is 27.1 Å². The first-order valence-corrected chi connectivity index (χ1v) is 8.01. The van der Waals surface area contributed by atoms with Gasteiger partial charge in [-0.2, -0.15) is 4.37 Å². The third kappa shape index (κ3) is 4.30. The SMILES string of the molecule is Cc1nsc(NC(=O)CCSc2ccccc2)c1C(=O)O. The molecule has 110 valence electrons. The zero-order valence-corrected chi connectivity index (χ0v) is 13.0. The number of aryl methyl sites for hydroxylation is 1. The molecular weight excluding hydrogens is 308 g/mol. The van der Waals surface area contributed by atoms with Crippen molar-refractivity contribution in [3.05, 3.63) is 41.6 Å². The van der Waals surface area contributed by atoms with Gasteiger partial charge < -0.3 is 10.4 Å². The second-order valence-electron chi connectivity index (χ2n) is 4.24. The lowest BCUT2D eigenvalue weighted by Gasteiger charge is -2.04. The Morgan fingerprint density at radius 3 is 2.71 bits per heavy atom. The standard InChI is InChI=1S/C14H14N2O3S2/c1-9-12(14(18)19)13(21-16-9)15-11(17)7-8-20-10-5-3-2-4-6-10/h2-6H,7-8H2,1H3,(H,15,17)(H,18,19). The predicted octanol–water partition coefficient (Wildman–Crippen LogP) is 3.27. The summed E-state index contributed by atoms with van der Waals surface area (Å²) in [5, 5.41) is 12.0. The zero-order chi connectivity index (χ0) is 15.2. The highest BCUT2D eigenvalue weighted by Gasteiger charge is 2.18. The Labute approximate surface area is 130 Å². The van der Waals surface area contributed by atoms with Gasteiger partial charge in [0.2, 0.25) is 5.91 Å². The minimum Gasteiger partial charge on any atom is -0.478 e. The van der Waals surface area contributed by atoms with Gasteiger partial charge in [0.05, 0.1) is 5.69 Å². The van der Waals surface area contributed by atoms with Crippen LogP contribution in [0.4, 0.5) is 5.00 Å². The average Bonchev–Trinajstić information content (AvgIpc) is 2.81. The molecule has 1 aromatic heterocycles. The fourth-order valence-corrected chi connectivity index (χ4v) is 3.35. The first-order chi connectivity index (χ1) is 10.1. The molecule has 0 aliphatic heterocycles. The summed E-state index contributed by atoms with van der Waals surface area (Å²) in [6, 6.07) is 9.80. The van der Waals surface area contributed by atoms with Crippen LogP contribution in [-0.2, 0) is 4.79 Å². The summed E-state index contributed by atoms with van der Waals surface area (Å²) in [5.74, 6) is -0.643. The normalized spacial score (nSPS) is 10.3. The molecule has 0 radical (unpaired) electrons. The van der Waals surface area contributed by atoms with Gasteiger partial charge in [-0.25, -0.2) is 4.79 Å². The topological polar surface area (TPSA) is 79.3 Å². The van der Waals surface area contributed by atoms with Crippen LogP contribution < -0.4 is 5.32 Å². The van der Waals surface area contributed by atoms with Crippen LogP contribution in [0.15, 0.2) is 35.2 Å². The van der Waals surface area contributed by atoms with E-state index in [1.807, 2.05) is 30.3 Å². The number of rotatable bonds is 6. The van der Waals surface area contributed by atoms with Crippen molar-refractivity contribution in [2.45, 2.75) is 18.2 Å². The molecule has 0 bridgehead atoms. The van der Waals surface area contributed by atoms with E-state index in [0.29, 0.717) is 22.9 Å². The smallest absolute Gasteiger partial charge is 0.340 e. The summed E-state index contributed by atoms with van der Waals surface area (Å²) in [5.41, 5.74) is 0.491. The molecule has 0 aliphatic carbocycles. The number of anilines is 1. The zero-order valence-electron chi connectivity index (χ0n) is 11.3. The van der Waals surface area contributed by atoms with Gasteiger partial charge in [0.1, 0.15) is 10.6 Å². The Morgan fingerprint density at radius 1 is 1.33 bits per heavy atom. The second kappa shape index (κ2) is 7.24. The Bertz CT molecular complexity index is 641. The maximum atomic E-state index is 11.8. The Kier molecular flexibility index (Phi) is 5.35. The minimum absolute atomic E-state index is 0.0732. The molecule has 2 aromatic rings. The van der Waals surface area contributed by atoms with Gasteiger partial charge in [-0.15, -0.1) is 11.8 Å². The lowest BCUT2D eigenvalue weighted by atomic mass is 10.2. The van der Waals surface area contributed by atoms with Crippen LogP contribution >= 0.6 is 23.3 Å². The van der Waals surface area contributed by atoms with Crippen LogP contribution in [0.3, 0.4) is 0 Å². The van der Waals surface area contributed by atoms with Gasteiger partial charge in [0.15, 0.2) is 0 Å².